The van der Waals surface area contributed by atoms with E-state index in [-0.39, 0.29) is 23.8 Å². The Bertz CT molecular complexity index is 1350. The zero-order valence-electron chi connectivity index (χ0n) is 20.6. The summed E-state index contributed by atoms with van der Waals surface area (Å²) in [5.74, 6) is 0.663. The number of rotatable bonds is 4. The Balaban J connectivity index is 1.16. The van der Waals surface area contributed by atoms with Crippen LogP contribution in [0.3, 0.4) is 0 Å². The molecule has 7 nitrogen and oxygen atoms in total. The number of fused-ring (bicyclic) bond motifs is 2. The van der Waals surface area contributed by atoms with E-state index in [9.17, 15) is 14.4 Å². The van der Waals surface area contributed by atoms with Gasteiger partial charge in [-0.2, -0.15) is 0 Å². The van der Waals surface area contributed by atoms with Crippen molar-refractivity contribution in [2.24, 2.45) is 0 Å². The monoisotopic (exact) mass is 485 g/mol. The second kappa shape index (κ2) is 9.12. The third-order valence-electron chi connectivity index (χ3n) is 8.25. The van der Waals surface area contributed by atoms with Crippen molar-refractivity contribution in [3.63, 3.8) is 0 Å². The van der Waals surface area contributed by atoms with E-state index in [4.69, 9.17) is 4.74 Å². The lowest BCUT2D eigenvalue weighted by Crippen LogP contribution is -2.40. The molecule has 3 aliphatic rings. The maximum atomic E-state index is 13.4. The minimum Gasteiger partial charge on any atom is -0.497 e. The molecule has 7 heteroatoms. The highest BCUT2D eigenvalue weighted by molar-refractivity contribution is 6.22. The lowest BCUT2D eigenvalue weighted by Gasteiger charge is -2.32. The molecular formula is C29H31N3O4. The van der Waals surface area contributed by atoms with Crippen LogP contribution in [0.2, 0.25) is 0 Å². The number of methoxy groups -OCH3 is 1. The Morgan fingerprint density at radius 1 is 0.917 bits per heavy atom. The highest BCUT2D eigenvalue weighted by atomic mass is 16.5. The van der Waals surface area contributed by atoms with Crippen LogP contribution >= 0.6 is 0 Å². The fraction of sp³-hybridized carbons (Fsp3) is 0.414. The average Bonchev–Trinajstić information content (AvgIpc) is 3.46. The van der Waals surface area contributed by atoms with Crippen LogP contribution in [0.25, 0.3) is 10.9 Å². The van der Waals surface area contributed by atoms with Crippen LogP contribution in [-0.4, -0.2) is 58.7 Å². The van der Waals surface area contributed by atoms with E-state index in [1.165, 1.54) is 15.8 Å². The topological polar surface area (TPSA) is 82.7 Å². The molecule has 3 heterocycles. The second-order valence-electron chi connectivity index (χ2n) is 10.3. The van der Waals surface area contributed by atoms with Crippen LogP contribution in [0.15, 0.2) is 42.6 Å². The van der Waals surface area contributed by atoms with Crippen molar-refractivity contribution in [3.05, 3.63) is 64.8 Å². The summed E-state index contributed by atoms with van der Waals surface area (Å²) in [5.41, 5.74) is 3.63. The molecule has 3 aromatic rings. The van der Waals surface area contributed by atoms with Gasteiger partial charge in [0, 0.05) is 41.8 Å². The predicted octanol–water partition coefficient (Wildman–Crippen LogP) is 5.13. The molecule has 0 bridgehead atoms. The third kappa shape index (κ3) is 3.77. The minimum atomic E-state index is -0.245. The molecule has 1 aromatic heterocycles. The summed E-state index contributed by atoms with van der Waals surface area (Å²) in [6.07, 6.45) is 8.80. The molecule has 36 heavy (non-hydrogen) atoms. The predicted molar refractivity (Wildman–Crippen MR) is 137 cm³/mol. The molecule has 1 N–H and O–H groups in total. The number of carbonyl (C=O) groups is 3. The average molecular weight is 486 g/mol. The molecular weight excluding hydrogens is 454 g/mol. The van der Waals surface area contributed by atoms with Crippen molar-refractivity contribution in [2.75, 3.05) is 20.2 Å². The van der Waals surface area contributed by atoms with Gasteiger partial charge in [-0.05, 0) is 73.6 Å². The first kappa shape index (κ1) is 22.8. The van der Waals surface area contributed by atoms with E-state index in [2.05, 4.69) is 17.2 Å². The van der Waals surface area contributed by atoms with Crippen LogP contribution in [0.5, 0.6) is 5.75 Å². The van der Waals surface area contributed by atoms with Gasteiger partial charge in [-0.1, -0.05) is 19.3 Å². The zero-order valence-corrected chi connectivity index (χ0v) is 20.6. The largest absolute Gasteiger partial charge is 0.497 e. The van der Waals surface area contributed by atoms with Crippen molar-refractivity contribution in [1.82, 2.24) is 14.8 Å². The number of ether oxygens (including phenoxy) is 1. The molecule has 2 fully saturated rings. The number of nitrogens with one attached hydrogen (secondary N) is 1. The highest BCUT2D eigenvalue weighted by Crippen LogP contribution is 2.36. The first-order chi connectivity index (χ1) is 17.5. The van der Waals surface area contributed by atoms with Gasteiger partial charge in [0.15, 0.2) is 0 Å². The number of benzene rings is 2. The quantitative estimate of drug-likeness (QED) is 0.520. The Hall–Kier alpha value is -3.61. The van der Waals surface area contributed by atoms with E-state index < -0.39 is 0 Å². The smallest absolute Gasteiger partial charge is 0.261 e. The van der Waals surface area contributed by atoms with E-state index in [0.717, 1.165) is 56.2 Å². The van der Waals surface area contributed by atoms with Crippen molar-refractivity contribution < 1.29 is 19.1 Å². The summed E-state index contributed by atoms with van der Waals surface area (Å²) >= 11 is 0. The van der Waals surface area contributed by atoms with Crippen molar-refractivity contribution in [3.8, 4) is 5.75 Å². The van der Waals surface area contributed by atoms with Crippen LogP contribution in [0.1, 0.15) is 87.5 Å². The van der Waals surface area contributed by atoms with Gasteiger partial charge in [0.1, 0.15) is 5.75 Å². The molecule has 3 amide bonds. The van der Waals surface area contributed by atoms with Gasteiger partial charge in [-0.25, -0.2) is 0 Å². The first-order valence-electron chi connectivity index (χ1n) is 13.0. The van der Waals surface area contributed by atoms with Crippen LogP contribution in [0, 0.1) is 0 Å². The van der Waals surface area contributed by atoms with E-state index >= 15 is 0 Å². The van der Waals surface area contributed by atoms with Crippen LogP contribution in [0.4, 0.5) is 0 Å². The molecule has 0 unspecified atom stereocenters. The Morgan fingerprint density at radius 3 is 2.42 bits per heavy atom. The summed E-state index contributed by atoms with van der Waals surface area (Å²) in [6.45, 7) is 1.30. The SMILES string of the molecule is COc1ccc2[nH]cc(C3CCN(C(=O)c4ccc5c(c4)C(=O)N(C4CCCCC4)C5=O)CC3)c2c1. The number of aromatic amines is 1. The number of piperidine rings is 1. The highest BCUT2D eigenvalue weighted by Gasteiger charge is 2.40. The Kier molecular flexibility index (Phi) is 5.78. The molecule has 1 saturated carbocycles. The normalized spacial score (nSPS) is 19.2. The summed E-state index contributed by atoms with van der Waals surface area (Å²) in [6, 6.07) is 11.0. The number of carbonyl (C=O) groups excluding carboxylic acids is 3. The number of aromatic nitrogens is 1. The maximum Gasteiger partial charge on any atom is 0.261 e. The van der Waals surface area contributed by atoms with Crippen LogP contribution < -0.4 is 4.74 Å². The molecule has 2 aromatic carbocycles. The number of hydrogen-bond donors (Lipinski definition) is 1. The van der Waals surface area contributed by atoms with E-state index in [0.29, 0.717) is 35.7 Å². The first-order valence-corrected chi connectivity index (χ1v) is 13.0. The lowest BCUT2D eigenvalue weighted by atomic mass is 9.89. The third-order valence-corrected chi connectivity index (χ3v) is 8.25. The second-order valence-corrected chi connectivity index (χ2v) is 10.3. The number of likely N-dealkylation sites (tertiary alicyclic amines) is 1. The lowest BCUT2D eigenvalue weighted by molar-refractivity contribution is 0.0548. The molecule has 0 spiro atoms. The summed E-state index contributed by atoms with van der Waals surface area (Å²) in [5, 5.41) is 1.17. The number of nitrogens with zero attached hydrogens (tertiary/aromatic N) is 2. The zero-order chi connectivity index (χ0) is 24.8. The Labute approximate surface area is 210 Å². The molecule has 0 radical (unpaired) electrons. The van der Waals surface area contributed by atoms with E-state index in [1.54, 1.807) is 25.3 Å². The molecule has 186 valence electrons. The van der Waals surface area contributed by atoms with Gasteiger partial charge in [0.2, 0.25) is 0 Å². The van der Waals surface area contributed by atoms with Crippen molar-refractivity contribution in [1.29, 1.82) is 0 Å². The number of imide groups is 1. The van der Waals surface area contributed by atoms with E-state index in [1.807, 2.05) is 17.0 Å². The van der Waals surface area contributed by atoms with Gasteiger partial charge < -0.3 is 14.6 Å². The van der Waals surface area contributed by atoms with Gasteiger partial charge in [-0.3, -0.25) is 19.3 Å². The maximum absolute atomic E-state index is 13.4. The molecule has 1 aliphatic carbocycles. The van der Waals surface area contributed by atoms with Gasteiger partial charge in [0.25, 0.3) is 17.7 Å². The number of hydrogen-bond acceptors (Lipinski definition) is 4. The summed E-state index contributed by atoms with van der Waals surface area (Å²) in [4.78, 5) is 46.1. The fourth-order valence-electron chi connectivity index (χ4n) is 6.23. The number of amides is 3. The summed E-state index contributed by atoms with van der Waals surface area (Å²) in [7, 11) is 1.67. The standard InChI is InChI=1S/C29H31N3O4/c1-36-21-8-10-26-23(16-21)25(17-30-26)18-11-13-31(14-12-18)27(33)19-7-9-22-24(15-19)29(35)32(28(22)34)20-5-3-2-4-6-20/h7-10,15-18,20,30H,2-6,11-14H2,1H3. The molecule has 1 saturated heterocycles. The fourth-order valence-corrected chi connectivity index (χ4v) is 6.23. The molecule has 6 rings (SSSR count). The minimum absolute atomic E-state index is 0.0196. The van der Waals surface area contributed by atoms with Crippen LogP contribution in [-0.2, 0) is 0 Å². The van der Waals surface area contributed by atoms with Crippen molar-refractivity contribution in [2.45, 2.75) is 56.9 Å². The van der Waals surface area contributed by atoms with Gasteiger partial charge in [0.05, 0.1) is 18.2 Å². The van der Waals surface area contributed by atoms with Gasteiger partial charge in [-0.15, -0.1) is 0 Å². The van der Waals surface area contributed by atoms with Gasteiger partial charge >= 0.3 is 0 Å². The van der Waals surface area contributed by atoms with Crippen molar-refractivity contribution >= 4 is 28.6 Å². The molecule has 2 aliphatic heterocycles. The number of H-pyrrole nitrogens is 1. The molecule has 0 atom stereocenters. The Morgan fingerprint density at radius 2 is 1.67 bits per heavy atom. The summed E-state index contributed by atoms with van der Waals surface area (Å²) < 4.78 is 5.40.